The van der Waals surface area contributed by atoms with E-state index in [1.807, 2.05) is 42.5 Å². The molecule has 3 aromatic carbocycles. The van der Waals surface area contributed by atoms with Crippen molar-refractivity contribution in [2.45, 2.75) is 13.0 Å². The number of ether oxygens (including phenoxy) is 2. The van der Waals surface area contributed by atoms with E-state index in [0.29, 0.717) is 11.3 Å². The highest BCUT2D eigenvalue weighted by Crippen LogP contribution is 2.23. The lowest BCUT2D eigenvalue weighted by molar-refractivity contribution is -0.122. The maximum Gasteiger partial charge on any atom is 0.337 e. The topological polar surface area (TPSA) is 64.6 Å². The molecule has 0 saturated heterocycles. The van der Waals surface area contributed by atoms with Gasteiger partial charge in [0.05, 0.1) is 12.7 Å². The van der Waals surface area contributed by atoms with Gasteiger partial charge in [0.15, 0.2) is 6.10 Å². The molecule has 0 aliphatic rings. The van der Waals surface area contributed by atoms with Gasteiger partial charge in [-0.3, -0.25) is 4.79 Å². The fourth-order valence-corrected chi connectivity index (χ4v) is 2.61. The zero-order valence-electron chi connectivity index (χ0n) is 14.6. The Morgan fingerprint density at radius 3 is 2.35 bits per heavy atom. The third-order valence-corrected chi connectivity index (χ3v) is 4.01. The van der Waals surface area contributed by atoms with Crippen LogP contribution in [-0.2, 0) is 9.53 Å². The Morgan fingerprint density at radius 2 is 1.62 bits per heavy atom. The van der Waals surface area contributed by atoms with Gasteiger partial charge in [-0.05, 0) is 42.6 Å². The summed E-state index contributed by atoms with van der Waals surface area (Å²) in [6, 6.07) is 20.0. The van der Waals surface area contributed by atoms with E-state index in [2.05, 4.69) is 10.1 Å². The van der Waals surface area contributed by atoms with Crippen LogP contribution in [0.4, 0.5) is 5.69 Å². The standard InChI is InChI=1S/C21H19NO4/c1-14(26-17-12-10-16(11-13-17)21(24)25-2)20(23)22-19-9-5-7-15-6-3-4-8-18(15)19/h3-14H,1-2H3,(H,22,23)/t14-/m1/s1. The number of nitrogens with one attached hydrogen (secondary N) is 1. The molecule has 0 saturated carbocycles. The minimum absolute atomic E-state index is 0.251. The van der Waals surface area contributed by atoms with Crippen LogP contribution in [0.2, 0.25) is 0 Å². The number of anilines is 1. The van der Waals surface area contributed by atoms with E-state index in [-0.39, 0.29) is 5.91 Å². The lowest BCUT2D eigenvalue weighted by Crippen LogP contribution is -2.30. The van der Waals surface area contributed by atoms with Crippen LogP contribution in [0, 0.1) is 0 Å². The van der Waals surface area contributed by atoms with Crippen LogP contribution in [0.3, 0.4) is 0 Å². The zero-order valence-corrected chi connectivity index (χ0v) is 14.6. The molecule has 0 aliphatic heterocycles. The molecular weight excluding hydrogens is 330 g/mol. The first-order valence-corrected chi connectivity index (χ1v) is 8.22. The van der Waals surface area contributed by atoms with Gasteiger partial charge in [-0.1, -0.05) is 36.4 Å². The number of esters is 1. The molecular formula is C21H19NO4. The Hall–Kier alpha value is -3.34. The highest BCUT2D eigenvalue weighted by molar-refractivity contribution is 6.03. The number of fused-ring (bicyclic) bond motifs is 1. The van der Waals surface area contributed by atoms with E-state index < -0.39 is 12.1 Å². The molecule has 0 spiro atoms. The summed E-state index contributed by atoms with van der Waals surface area (Å²) >= 11 is 0. The molecule has 0 aromatic heterocycles. The van der Waals surface area contributed by atoms with Crippen LogP contribution in [0.15, 0.2) is 66.7 Å². The molecule has 0 heterocycles. The predicted octanol–water partition coefficient (Wildman–Crippen LogP) is 4.03. The fraction of sp³-hybridized carbons (Fsp3) is 0.143. The third kappa shape index (κ3) is 3.83. The first-order chi connectivity index (χ1) is 12.6. The van der Waals surface area contributed by atoms with Gasteiger partial charge in [0.25, 0.3) is 5.91 Å². The Kier molecular flexibility index (Phi) is 5.17. The second kappa shape index (κ2) is 7.70. The van der Waals surface area contributed by atoms with E-state index in [1.165, 1.54) is 7.11 Å². The normalized spacial score (nSPS) is 11.6. The summed E-state index contributed by atoms with van der Waals surface area (Å²) in [7, 11) is 1.33. The van der Waals surface area contributed by atoms with Crippen molar-refractivity contribution in [1.82, 2.24) is 0 Å². The summed E-state index contributed by atoms with van der Waals surface area (Å²) in [6.07, 6.45) is -0.696. The molecule has 3 rings (SSSR count). The summed E-state index contributed by atoms with van der Waals surface area (Å²) in [5.41, 5.74) is 1.16. The van der Waals surface area contributed by atoms with Crippen molar-refractivity contribution >= 4 is 28.3 Å². The van der Waals surface area contributed by atoms with Crippen molar-refractivity contribution in [2.75, 3.05) is 12.4 Å². The molecule has 1 amide bonds. The van der Waals surface area contributed by atoms with Gasteiger partial charge >= 0.3 is 5.97 Å². The van der Waals surface area contributed by atoms with Gasteiger partial charge in [-0.25, -0.2) is 4.79 Å². The Labute approximate surface area is 151 Å². The van der Waals surface area contributed by atoms with E-state index in [4.69, 9.17) is 4.74 Å². The number of rotatable bonds is 5. The second-order valence-corrected chi connectivity index (χ2v) is 5.79. The third-order valence-electron chi connectivity index (χ3n) is 4.01. The molecule has 3 aromatic rings. The first-order valence-electron chi connectivity index (χ1n) is 8.22. The molecule has 5 heteroatoms. The molecule has 0 bridgehead atoms. The zero-order chi connectivity index (χ0) is 18.5. The number of carbonyl (C=O) groups is 2. The van der Waals surface area contributed by atoms with Gasteiger partial charge in [0.1, 0.15) is 5.75 Å². The van der Waals surface area contributed by atoms with E-state index in [0.717, 1.165) is 16.5 Å². The van der Waals surface area contributed by atoms with E-state index >= 15 is 0 Å². The molecule has 0 fully saturated rings. The van der Waals surface area contributed by atoms with Crippen LogP contribution >= 0.6 is 0 Å². The van der Waals surface area contributed by atoms with Crippen molar-refractivity contribution in [1.29, 1.82) is 0 Å². The van der Waals surface area contributed by atoms with E-state index in [1.54, 1.807) is 31.2 Å². The molecule has 132 valence electrons. The molecule has 1 atom stereocenters. The van der Waals surface area contributed by atoms with Gasteiger partial charge < -0.3 is 14.8 Å². The minimum Gasteiger partial charge on any atom is -0.481 e. The van der Waals surface area contributed by atoms with Crippen LogP contribution in [0.25, 0.3) is 10.8 Å². The number of carbonyl (C=O) groups excluding carboxylic acids is 2. The lowest BCUT2D eigenvalue weighted by Gasteiger charge is -2.16. The largest absolute Gasteiger partial charge is 0.481 e. The second-order valence-electron chi connectivity index (χ2n) is 5.79. The van der Waals surface area contributed by atoms with Gasteiger partial charge in [-0.15, -0.1) is 0 Å². The smallest absolute Gasteiger partial charge is 0.337 e. The van der Waals surface area contributed by atoms with Crippen LogP contribution < -0.4 is 10.1 Å². The SMILES string of the molecule is COC(=O)c1ccc(O[C@H](C)C(=O)Nc2cccc3ccccc23)cc1. The number of methoxy groups -OCH3 is 1. The predicted molar refractivity (Wildman–Crippen MR) is 100 cm³/mol. The lowest BCUT2D eigenvalue weighted by atomic mass is 10.1. The first kappa shape index (κ1) is 17.5. The van der Waals surface area contributed by atoms with Crippen molar-refractivity contribution in [3.8, 4) is 5.75 Å². The van der Waals surface area contributed by atoms with Crippen molar-refractivity contribution in [3.63, 3.8) is 0 Å². The highest BCUT2D eigenvalue weighted by atomic mass is 16.5. The van der Waals surface area contributed by atoms with Gasteiger partial charge in [0.2, 0.25) is 0 Å². The van der Waals surface area contributed by atoms with Crippen LogP contribution in [0.5, 0.6) is 5.75 Å². The maximum atomic E-state index is 12.5. The van der Waals surface area contributed by atoms with Crippen molar-refractivity contribution in [3.05, 3.63) is 72.3 Å². The van der Waals surface area contributed by atoms with Gasteiger partial charge in [-0.2, -0.15) is 0 Å². The minimum atomic E-state index is -0.696. The fourth-order valence-electron chi connectivity index (χ4n) is 2.61. The van der Waals surface area contributed by atoms with Crippen molar-refractivity contribution < 1.29 is 19.1 Å². The van der Waals surface area contributed by atoms with Crippen molar-refractivity contribution in [2.24, 2.45) is 0 Å². The maximum absolute atomic E-state index is 12.5. The molecule has 0 unspecified atom stereocenters. The molecule has 26 heavy (non-hydrogen) atoms. The highest BCUT2D eigenvalue weighted by Gasteiger charge is 2.16. The number of amides is 1. The van der Waals surface area contributed by atoms with Crippen LogP contribution in [-0.4, -0.2) is 25.1 Å². The summed E-state index contributed by atoms with van der Waals surface area (Å²) in [5, 5.41) is 4.93. The molecule has 5 nitrogen and oxygen atoms in total. The molecule has 0 aliphatic carbocycles. The summed E-state index contributed by atoms with van der Waals surface area (Å²) in [5.74, 6) is -0.171. The Bertz CT molecular complexity index is 929. The molecule has 0 radical (unpaired) electrons. The summed E-state index contributed by atoms with van der Waals surface area (Å²) in [4.78, 5) is 23.9. The number of benzene rings is 3. The van der Waals surface area contributed by atoms with Crippen LogP contribution in [0.1, 0.15) is 17.3 Å². The number of hydrogen-bond donors (Lipinski definition) is 1. The average molecular weight is 349 g/mol. The summed E-state index contributed by atoms with van der Waals surface area (Å²) < 4.78 is 10.3. The van der Waals surface area contributed by atoms with Gasteiger partial charge in [0, 0.05) is 11.1 Å². The summed E-state index contributed by atoms with van der Waals surface area (Å²) in [6.45, 7) is 1.68. The Balaban J connectivity index is 1.69. The van der Waals surface area contributed by atoms with E-state index in [9.17, 15) is 9.59 Å². The quantitative estimate of drug-likeness (QED) is 0.706. The Morgan fingerprint density at radius 1 is 0.923 bits per heavy atom. The monoisotopic (exact) mass is 349 g/mol. The number of hydrogen-bond acceptors (Lipinski definition) is 4. The molecule has 1 N–H and O–H groups in total. The average Bonchev–Trinajstić information content (AvgIpc) is 2.68.